The zero-order chi connectivity index (χ0) is 13.5. The minimum atomic E-state index is -0.543. The van der Waals surface area contributed by atoms with E-state index in [0.29, 0.717) is 6.42 Å². The van der Waals surface area contributed by atoms with Gasteiger partial charge in [-0.3, -0.25) is 0 Å². The van der Waals surface area contributed by atoms with Crippen molar-refractivity contribution in [3.8, 4) is 11.8 Å². The second-order valence-electron chi connectivity index (χ2n) is 4.24. The monoisotopic (exact) mass is 248 g/mol. The average Bonchev–Trinajstić information content (AvgIpc) is 2.47. The van der Waals surface area contributed by atoms with Gasteiger partial charge in [0, 0.05) is 11.1 Å². The van der Waals surface area contributed by atoms with Crippen LogP contribution in [0.15, 0.2) is 67.3 Å². The Hall–Kier alpha value is -2.30. The fraction of sp³-hybridized carbons (Fsp3) is 0.111. The van der Waals surface area contributed by atoms with Gasteiger partial charge in [-0.2, -0.15) is 0 Å². The molecule has 1 nitrogen and oxygen atoms in total. The van der Waals surface area contributed by atoms with E-state index in [0.717, 1.165) is 16.7 Å². The Bertz CT molecular complexity index is 602. The van der Waals surface area contributed by atoms with Gasteiger partial charge in [-0.25, -0.2) is 0 Å². The van der Waals surface area contributed by atoms with Crippen LogP contribution in [0.3, 0.4) is 0 Å². The van der Waals surface area contributed by atoms with Gasteiger partial charge in [0.05, 0.1) is 6.10 Å². The second kappa shape index (κ2) is 6.58. The highest BCUT2D eigenvalue weighted by Gasteiger charge is 2.08. The Morgan fingerprint density at radius 3 is 2.42 bits per heavy atom. The minimum absolute atomic E-state index is 0.532. The van der Waals surface area contributed by atoms with Crippen LogP contribution in [0.25, 0.3) is 0 Å². The summed E-state index contributed by atoms with van der Waals surface area (Å²) in [6.07, 6.45) is 1.70. The van der Waals surface area contributed by atoms with Crippen molar-refractivity contribution < 1.29 is 5.11 Å². The number of rotatable bonds is 3. The Morgan fingerprint density at radius 1 is 1.00 bits per heavy atom. The molecule has 0 spiro atoms. The van der Waals surface area contributed by atoms with Crippen molar-refractivity contribution in [1.82, 2.24) is 0 Å². The molecule has 19 heavy (non-hydrogen) atoms. The van der Waals surface area contributed by atoms with Crippen molar-refractivity contribution in [1.29, 1.82) is 0 Å². The van der Waals surface area contributed by atoms with Crippen molar-refractivity contribution in [2.45, 2.75) is 12.5 Å². The van der Waals surface area contributed by atoms with Crippen LogP contribution in [-0.2, 0) is 0 Å². The third-order valence-electron chi connectivity index (χ3n) is 2.83. The Balaban J connectivity index is 2.31. The lowest BCUT2D eigenvalue weighted by Gasteiger charge is -2.10. The van der Waals surface area contributed by atoms with Crippen LogP contribution in [-0.4, -0.2) is 5.11 Å². The molecule has 0 amide bonds. The summed E-state index contributed by atoms with van der Waals surface area (Å²) < 4.78 is 0. The Kier molecular flexibility index (Phi) is 4.55. The van der Waals surface area contributed by atoms with Crippen LogP contribution >= 0.6 is 0 Å². The summed E-state index contributed by atoms with van der Waals surface area (Å²) in [6.45, 7) is 3.65. The molecule has 0 aliphatic rings. The second-order valence-corrected chi connectivity index (χ2v) is 4.24. The number of benzene rings is 2. The fourth-order valence-corrected chi connectivity index (χ4v) is 1.85. The molecule has 0 saturated heterocycles. The van der Waals surface area contributed by atoms with Crippen molar-refractivity contribution in [3.05, 3.63) is 83.9 Å². The molecule has 0 aliphatic carbocycles. The number of aliphatic hydroxyl groups excluding tert-OH is 1. The third kappa shape index (κ3) is 3.58. The summed E-state index contributed by atoms with van der Waals surface area (Å²) in [5, 5.41) is 10.1. The van der Waals surface area contributed by atoms with Gasteiger partial charge in [0.25, 0.3) is 0 Å². The minimum Gasteiger partial charge on any atom is -0.388 e. The lowest BCUT2D eigenvalue weighted by molar-refractivity contribution is 0.181. The molecule has 1 N–H and O–H groups in total. The van der Waals surface area contributed by atoms with Crippen LogP contribution in [0.2, 0.25) is 0 Å². The van der Waals surface area contributed by atoms with E-state index in [1.54, 1.807) is 6.08 Å². The average molecular weight is 248 g/mol. The summed E-state index contributed by atoms with van der Waals surface area (Å²) in [5.74, 6) is 6.24. The number of aliphatic hydroxyl groups is 1. The molecule has 2 rings (SSSR count). The smallest absolute Gasteiger partial charge is 0.0836 e. The molecule has 1 unspecified atom stereocenters. The molecule has 94 valence electrons. The van der Waals surface area contributed by atoms with Gasteiger partial charge < -0.3 is 5.11 Å². The molecule has 1 heteroatoms. The lowest BCUT2D eigenvalue weighted by Crippen LogP contribution is -1.98. The van der Waals surface area contributed by atoms with Crippen LogP contribution in [0.4, 0.5) is 0 Å². The van der Waals surface area contributed by atoms with Crippen molar-refractivity contribution in [2.24, 2.45) is 0 Å². The summed E-state index contributed by atoms with van der Waals surface area (Å²) >= 11 is 0. The van der Waals surface area contributed by atoms with E-state index in [1.807, 2.05) is 54.6 Å². The summed E-state index contributed by atoms with van der Waals surface area (Å²) in [6, 6.07) is 17.5. The van der Waals surface area contributed by atoms with Crippen LogP contribution < -0.4 is 0 Å². The first-order chi connectivity index (χ1) is 9.31. The van der Waals surface area contributed by atoms with E-state index >= 15 is 0 Å². The molecular formula is C18H16O. The van der Waals surface area contributed by atoms with Gasteiger partial charge in [0.2, 0.25) is 0 Å². The van der Waals surface area contributed by atoms with Crippen LogP contribution in [0.5, 0.6) is 0 Å². The molecular weight excluding hydrogens is 232 g/mol. The van der Waals surface area contributed by atoms with Crippen molar-refractivity contribution in [3.63, 3.8) is 0 Å². The standard InChI is InChI=1S/C18H16O/c1-2-8-18(19)17-12-7-6-11-16(17)14-13-15-9-4-3-5-10-15/h2-7,9-12,18-19H,1,8H2. The van der Waals surface area contributed by atoms with Gasteiger partial charge >= 0.3 is 0 Å². The van der Waals surface area contributed by atoms with Gasteiger partial charge in [-0.1, -0.05) is 54.3 Å². The van der Waals surface area contributed by atoms with E-state index in [9.17, 15) is 5.11 Å². The van der Waals surface area contributed by atoms with E-state index in [4.69, 9.17) is 0 Å². The maximum absolute atomic E-state index is 10.1. The molecule has 2 aromatic carbocycles. The van der Waals surface area contributed by atoms with Crippen molar-refractivity contribution in [2.75, 3.05) is 0 Å². The molecule has 0 fully saturated rings. The first-order valence-electron chi connectivity index (χ1n) is 6.26. The third-order valence-corrected chi connectivity index (χ3v) is 2.83. The Morgan fingerprint density at radius 2 is 1.68 bits per heavy atom. The maximum Gasteiger partial charge on any atom is 0.0836 e. The number of hydrogen-bond donors (Lipinski definition) is 1. The normalized spacial score (nSPS) is 11.2. The zero-order valence-corrected chi connectivity index (χ0v) is 10.7. The highest BCUT2D eigenvalue weighted by molar-refractivity contribution is 5.47. The first-order valence-corrected chi connectivity index (χ1v) is 6.26. The summed E-state index contributed by atoms with van der Waals surface area (Å²) in [5.41, 5.74) is 2.68. The highest BCUT2D eigenvalue weighted by atomic mass is 16.3. The fourth-order valence-electron chi connectivity index (χ4n) is 1.85. The van der Waals surface area contributed by atoms with Gasteiger partial charge in [-0.05, 0) is 30.2 Å². The van der Waals surface area contributed by atoms with E-state index in [2.05, 4.69) is 18.4 Å². The van der Waals surface area contributed by atoms with Crippen molar-refractivity contribution >= 4 is 0 Å². The number of hydrogen-bond acceptors (Lipinski definition) is 1. The molecule has 0 bridgehead atoms. The molecule has 0 heterocycles. The van der Waals surface area contributed by atoms with Gasteiger partial charge in [-0.15, -0.1) is 6.58 Å². The quantitative estimate of drug-likeness (QED) is 0.648. The largest absolute Gasteiger partial charge is 0.388 e. The molecule has 2 aromatic rings. The van der Waals surface area contributed by atoms with Gasteiger partial charge in [0.15, 0.2) is 0 Å². The lowest BCUT2D eigenvalue weighted by atomic mass is 10.0. The summed E-state index contributed by atoms with van der Waals surface area (Å²) in [4.78, 5) is 0. The van der Waals surface area contributed by atoms with E-state index in [1.165, 1.54) is 0 Å². The highest BCUT2D eigenvalue weighted by Crippen LogP contribution is 2.20. The van der Waals surface area contributed by atoms with Gasteiger partial charge in [0.1, 0.15) is 0 Å². The van der Waals surface area contributed by atoms with Crippen LogP contribution in [0.1, 0.15) is 29.2 Å². The molecule has 0 radical (unpaired) electrons. The topological polar surface area (TPSA) is 20.2 Å². The molecule has 0 aromatic heterocycles. The predicted octanol–water partition coefficient (Wildman–Crippen LogP) is 3.70. The maximum atomic E-state index is 10.1. The summed E-state index contributed by atoms with van der Waals surface area (Å²) in [7, 11) is 0. The zero-order valence-electron chi connectivity index (χ0n) is 10.7. The molecule has 0 aliphatic heterocycles. The van der Waals surface area contributed by atoms with E-state index in [-0.39, 0.29) is 0 Å². The Labute approximate surface area is 114 Å². The SMILES string of the molecule is C=CCC(O)c1ccccc1C#Cc1ccccc1. The molecule has 1 atom stereocenters. The van der Waals surface area contributed by atoms with Crippen LogP contribution in [0, 0.1) is 11.8 Å². The first kappa shape index (κ1) is 13.1. The molecule has 0 saturated carbocycles. The predicted molar refractivity (Wildman–Crippen MR) is 78.6 cm³/mol. The van der Waals surface area contributed by atoms with E-state index < -0.39 is 6.10 Å².